The molecule has 1 aliphatic rings. The Morgan fingerprint density at radius 3 is 2.63 bits per heavy atom. The summed E-state index contributed by atoms with van der Waals surface area (Å²) in [7, 11) is 3.57. The normalized spacial score (nSPS) is 14.5. The van der Waals surface area contributed by atoms with Crippen molar-refractivity contribution in [1.29, 1.82) is 0 Å². The molecule has 1 saturated heterocycles. The summed E-state index contributed by atoms with van der Waals surface area (Å²) in [5.41, 5.74) is 0.689. The molecule has 27 heavy (non-hydrogen) atoms. The van der Waals surface area contributed by atoms with Gasteiger partial charge >= 0.3 is 0 Å². The fourth-order valence-electron chi connectivity index (χ4n) is 3.06. The zero-order chi connectivity index (χ0) is 18.8. The van der Waals surface area contributed by atoms with Crippen molar-refractivity contribution in [1.82, 2.24) is 15.5 Å². The molecule has 8 heteroatoms. The first-order valence-corrected chi connectivity index (χ1v) is 10.1. The molecule has 0 spiro atoms. The molecule has 0 atom stereocenters. The number of nitrogens with zero attached hydrogens (tertiary/aromatic N) is 1. The monoisotopic (exact) mass is 415 g/mol. The molecule has 0 unspecified atom stereocenters. The van der Waals surface area contributed by atoms with Gasteiger partial charge in [-0.2, -0.15) is 0 Å². The predicted molar refractivity (Wildman–Crippen MR) is 112 cm³/mol. The lowest BCUT2D eigenvalue weighted by molar-refractivity contribution is -0.118. The Morgan fingerprint density at radius 2 is 1.96 bits per heavy atom. The largest absolute Gasteiger partial charge is 0.383 e. The van der Waals surface area contributed by atoms with Crippen LogP contribution in [-0.4, -0.2) is 69.4 Å². The molecule has 1 aliphatic heterocycles. The van der Waals surface area contributed by atoms with Crippen LogP contribution in [0.4, 0.5) is 0 Å². The third kappa shape index (κ3) is 7.70. The number of methoxy groups -OCH3 is 1. The first-order chi connectivity index (χ1) is 12.7. The fourth-order valence-corrected chi connectivity index (χ4v) is 3.93. The zero-order valence-corrected chi connectivity index (χ0v) is 17.7. The number of carbonyl (C=O) groups is 2. The molecular weight excluding hydrogens is 386 g/mol. The van der Waals surface area contributed by atoms with Gasteiger partial charge in [0.25, 0.3) is 5.91 Å². The molecule has 2 N–H and O–H groups in total. The third-order valence-electron chi connectivity index (χ3n) is 4.50. The topological polar surface area (TPSA) is 70.7 Å². The second-order valence-corrected chi connectivity index (χ2v) is 7.44. The molecule has 1 fully saturated rings. The SMILES string of the molecule is CNCC1CCN(C(=O)c2ccccc2SCC(=O)NCCOC)CC1.Cl. The summed E-state index contributed by atoms with van der Waals surface area (Å²) >= 11 is 1.40. The van der Waals surface area contributed by atoms with Crippen molar-refractivity contribution in [3.8, 4) is 0 Å². The Balaban J connectivity index is 0.00000364. The Morgan fingerprint density at radius 1 is 1.26 bits per heavy atom. The number of rotatable bonds is 9. The lowest BCUT2D eigenvalue weighted by Gasteiger charge is -2.32. The minimum Gasteiger partial charge on any atom is -0.383 e. The molecular formula is C19H30ClN3O3S. The second kappa shape index (κ2) is 13.0. The number of nitrogens with one attached hydrogen (secondary N) is 2. The van der Waals surface area contributed by atoms with Gasteiger partial charge in [-0.15, -0.1) is 24.2 Å². The van der Waals surface area contributed by atoms with Crippen molar-refractivity contribution in [2.45, 2.75) is 17.7 Å². The summed E-state index contributed by atoms with van der Waals surface area (Å²) in [6.45, 7) is 3.59. The van der Waals surface area contributed by atoms with Crippen molar-refractivity contribution in [2.75, 3.05) is 52.7 Å². The van der Waals surface area contributed by atoms with Crippen LogP contribution in [0.3, 0.4) is 0 Å². The van der Waals surface area contributed by atoms with E-state index in [2.05, 4.69) is 10.6 Å². The smallest absolute Gasteiger partial charge is 0.254 e. The van der Waals surface area contributed by atoms with E-state index < -0.39 is 0 Å². The van der Waals surface area contributed by atoms with E-state index in [1.165, 1.54) is 11.8 Å². The first-order valence-electron chi connectivity index (χ1n) is 9.07. The summed E-state index contributed by atoms with van der Waals surface area (Å²) in [5.74, 6) is 0.945. The van der Waals surface area contributed by atoms with Gasteiger partial charge in [-0.1, -0.05) is 12.1 Å². The standard InChI is InChI=1S/C19H29N3O3S.ClH/c1-20-13-15-7-10-22(11-8-15)19(24)16-5-3-4-6-17(16)26-14-18(23)21-9-12-25-2;/h3-6,15,20H,7-14H2,1-2H3,(H,21,23);1H. The van der Waals surface area contributed by atoms with Crippen LogP contribution in [0.15, 0.2) is 29.2 Å². The van der Waals surface area contributed by atoms with Crippen LogP contribution in [0, 0.1) is 5.92 Å². The number of hydrogen-bond donors (Lipinski definition) is 2. The van der Waals surface area contributed by atoms with E-state index >= 15 is 0 Å². The number of carbonyl (C=O) groups excluding carboxylic acids is 2. The van der Waals surface area contributed by atoms with Gasteiger partial charge in [-0.05, 0) is 44.5 Å². The van der Waals surface area contributed by atoms with Crippen LogP contribution < -0.4 is 10.6 Å². The first kappa shape index (κ1) is 23.8. The van der Waals surface area contributed by atoms with Crippen molar-refractivity contribution in [3.05, 3.63) is 29.8 Å². The van der Waals surface area contributed by atoms with Crippen molar-refractivity contribution < 1.29 is 14.3 Å². The van der Waals surface area contributed by atoms with Crippen LogP contribution in [-0.2, 0) is 9.53 Å². The number of amides is 2. The summed E-state index contributed by atoms with van der Waals surface area (Å²) in [5, 5.41) is 6.01. The molecule has 2 rings (SSSR count). The van der Waals surface area contributed by atoms with E-state index in [1.807, 2.05) is 36.2 Å². The second-order valence-electron chi connectivity index (χ2n) is 6.42. The summed E-state index contributed by atoms with van der Waals surface area (Å²) in [6, 6.07) is 7.55. The highest BCUT2D eigenvalue weighted by atomic mass is 35.5. The summed E-state index contributed by atoms with van der Waals surface area (Å²) < 4.78 is 4.92. The molecule has 1 aromatic carbocycles. The molecule has 0 aromatic heterocycles. The van der Waals surface area contributed by atoms with E-state index in [-0.39, 0.29) is 30.0 Å². The highest BCUT2D eigenvalue weighted by Gasteiger charge is 2.24. The van der Waals surface area contributed by atoms with Gasteiger partial charge in [-0.25, -0.2) is 0 Å². The maximum Gasteiger partial charge on any atom is 0.254 e. The summed E-state index contributed by atoms with van der Waals surface area (Å²) in [4.78, 5) is 27.6. The lowest BCUT2D eigenvalue weighted by Crippen LogP contribution is -2.40. The molecule has 1 aromatic rings. The van der Waals surface area contributed by atoms with Gasteiger partial charge < -0.3 is 20.3 Å². The molecule has 0 aliphatic carbocycles. The van der Waals surface area contributed by atoms with Crippen LogP contribution in [0.2, 0.25) is 0 Å². The molecule has 2 amide bonds. The van der Waals surface area contributed by atoms with Gasteiger partial charge in [0.1, 0.15) is 0 Å². The number of thioether (sulfide) groups is 1. The zero-order valence-electron chi connectivity index (χ0n) is 16.0. The minimum absolute atomic E-state index is 0. The number of halogens is 1. The molecule has 0 saturated carbocycles. The Labute approximate surface area is 172 Å². The molecule has 152 valence electrons. The van der Waals surface area contributed by atoms with Gasteiger partial charge in [0.2, 0.25) is 5.91 Å². The van der Waals surface area contributed by atoms with Crippen LogP contribution in [0.5, 0.6) is 0 Å². The highest BCUT2D eigenvalue weighted by molar-refractivity contribution is 8.00. The van der Waals surface area contributed by atoms with E-state index in [4.69, 9.17) is 4.74 Å². The number of ether oxygens (including phenoxy) is 1. The van der Waals surface area contributed by atoms with E-state index in [0.29, 0.717) is 24.6 Å². The van der Waals surface area contributed by atoms with E-state index in [0.717, 1.165) is 37.4 Å². The highest BCUT2D eigenvalue weighted by Crippen LogP contribution is 2.25. The Kier molecular flexibility index (Phi) is 11.4. The number of piperidine rings is 1. The number of likely N-dealkylation sites (tertiary alicyclic amines) is 1. The van der Waals surface area contributed by atoms with Crippen molar-refractivity contribution in [3.63, 3.8) is 0 Å². The van der Waals surface area contributed by atoms with Crippen molar-refractivity contribution >= 4 is 36.0 Å². The van der Waals surface area contributed by atoms with Crippen LogP contribution in [0.1, 0.15) is 23.2 Å². The molecule has 0 bridgehead atoms. The maximum atomic E-state index is 12.9. The maximum absolute atomic E-state index is 12.9. The van der Waals surface area contributed by atoms with Crippen LogP contribution >= 0.6 is 24.2 Å². The average Bonchev–Trinajstić information content (AvgIpc) is 2.67. The number of benzene rings is 1. The predicted octanol–water partition coefficient (Wildman–Crippen LogP) is 2.03. The van der Waals surface area contributed by atoms with Gasteiger partial charge in [-0.3, -0.25) is 9.59 Å². The van der Waals surface area contributed by atoms with E-state index in [1.54, 1.807) is 7.11 Å². The van der Waals surface area contributed by atoms with Crippen LogP contribution in [0.25, 0.3) is 0 Å². The fraction of sp³-hybridized carbons (Fsp3) is 0.579. The van der Waals surface area contributed by atoms with Gasteiger partial charge in [0.15, 0.2) is 0 Å². The molecule has 6 nitrogen and oxygen atoms in total. The Hall–Kier alpha value is -1.28. The number of hydrogen-bond acceptors (Lipinski definition) is 5. The Bertz CT molecular complexity index is 595. The lowest BCUT2D eigenvalue weighted by atomic mass is 9.96. The van der Waals surface area contributed by atoms with Gasteiger partial charge in [0.05, 0.1) is 17.9 Å². The van der Waals surface area contributed by atoms with Crippen molar-refractivity contribution in [2.24, 2.45) is 5.92 Å². The van der Waals surface area contributed by atoms with Gasteiger partial charge in [0, 0.05) is 31.6 Å². The average molecular weight is 416 g/mol. The summed E-state index contributed by atoms with van der Waals surface area (Å²) in [6.07, 6.45) is 2.06. The molecule has 0 radical (unpaired) electrons. The minimum atomic E-state index is -0.0535. The third-order valence-corrected chi connectivity index (χ3v) is 5.57. The molecule has 1 heterocycles. The van der Waals surface area contributed by atoms with E-state index in [9.17, 15) is 9.59 Å². The quantitative estimate of drug-likeness (QED) is 0.477.